The summed E-state index contributed by atoms with van der Waals surface area (Å²) >= 11 is 0. The molecule has 10 N–H and O–H groups in total. The third-order valence-electron chi connectivity index (χ3n) is 0. The number of hydrogen-bond acceptors (Lipinski definition) is 0. The fourth-order valence-electron chi connectivity index (χ4n) is 0. The van der Waals surface area contributed by atoms with Gasteiger partial charge in [-0.2, -0.15) is 0 Å². The molecule has 7 heteroatoms. The van der Waals surface area contributed by atoms with Crippen LogP contribution < -0.4 is 0 Å². The predicted molar refractivity (Wildman–Crippen MR) is 32.4 cm³/mol. The summed E-state index contributed by atoms with van der Waals surface area (Å²) in [5.74, 6) is 0. The van der Waals surface area contributed by atoms with Crippen LogP contribution in [0, 0.1) is 0 Å². The summed E-state index contributed by atoms with van der Waals surface area (Å²) in [5.41, 5.74) is 0. The minimum Gasteiger partial charge on any atom is -0.412 e. The van der Waals surface area contributed by atoms with E-state index in [0.29, 0.717) is 0 Å². The second-order valence-electron chi connectivity index (χ2n) is 0. The van der Waals surface area contributed by atoms with Crippen LogP contribution in [0.3, 0.4) is 0 Å². The molecule has 0 unspecified atom stereocenters. The molecule has 0 saturated carbocycles. The Labute approximate surface area is 67.3 Å². The maximum atomic E-state index is 0. The van der Waals surface area contributed by atoms with Crippen molar-refractivity contribution < 1.29 is 45.9 Å². The largest absolute Gasteiger partial charge is 0.412 e. The minimum atomic E-state index is 0. The first-order valence-electron chi connectivity index (χ1n) is 0. The third-order valence-corrected chi connectivity index (χ3v) is 0. The first kappa shape index (κ1) is 969. The van der Waals surface area contributed by atoms with Crippen LogP contribution in [0.5, 0.6) is 0 Å². The van der Waals surface area contributed by atoms with Gasteiger partial charge in [0.15, 0.2) is 0 Å². The van der Waals surface area contributed by atoms with Crippen LogP contribution in [-0.4, -0.2) is 27.4 Å². The third kappa shape index (κ3) is 411. The molecule has 0 saturated heterocycles. The molecule has 59 valence electrons. The zero-order valence-corrected chi connectivity index (χ0v) is 5.57. The van der Waals surface area contributed by atoms with Crippen LogP contribution in [0.25, 0.3) is 0 Å². The van der Waals surface area contributed by atoms with Crippen molar-refractivity contribution in [3.8, 4) is 0 Å². The van der Waals surface area contributed by atoms with E-state index in [4.69, 9.17) is 0 Å². The van der Waals surface area contributed by atoms with Crippen LogP contribution in [0.15, 0.2) is 0 Å². The summed E-state index contributed by atoms with van der Waals surface area (Å²) in [6.07, 6.45) is 0. The maximum absolute atomic E-state index is 0. The van der Waals surface area contributed by atoms with Gasteiger partial charge in [0.2, 0.25) is 0 Å². The van der Waals surface area contributed by atoms with Crippen molar-refractivity contribution in [2.75, 3.05) is 0 Å². The Morgan fingerprint density at radius 3 is 0.500 bits per heavy atom. The molecule has 0 aromatic rings. The molecule has 0 bridgehead atoms. The quantitative estimate of drug-likeness (QED) is 0.384. The van der Waals surface area contributed by atoms with Crippen molar-refractivity contribution in [3.63, 3.8) is 0 Å². The molecule has 0 aliphatic heterocycles. The van der Waals surface area contributed by atoms with Gasteiger partial charge in [-0.05, 0) is 0 Å². The van der Waals surface area contributed by atoms with Crippen molar-refractivity contribution in [1.82, 2.24) is 0 Å². The van der Waals surface area contributed by atoms with E-state index in [-0.39, 0.29) is 66.9 Å². The van der Waals surface area contributed by atoms with Gasteiger partial charge < -0.3 is 27.4 Å². The van der Waals surface area contributed by atoms with Gasteiger partial charge in [-0.1, -0.05) is 7.43 Å². The zero-order chi connectivity index (χ0) is 0. The molecule has 0 aliphatic carbocycles. The molecule has 0 aliphatic rings. The minimum absolute atomic E-state index is 0. The van der Waals surface area contributed by atoms with E-state index in [9.17, 15) is 0 Å². The second kappa shape index (κ2) is 650. The Morgan fingerprint density at radius 2 is 0.500 bits per heavy atom. The summed E-state index contributed by atoms with van der Waals surface area (Å²) in [6.45, 7) is 0. The molecule has 0 spiro atoms. The van der Waals surface area contributed by atoms with Gasteiger partial charge in [-0.15, -0.1) is 0 Å². The predicted octanol–water partition coefficient (Wildman–Crippen LogP) is -2.84. The van der Waals surface area contributed by atoms with Crippen molar-refractivity contribution in [2.45, 2.75) is 7.43 Å². The molecule has 0 aromatic heterocycles. The Morgan fingerprint density at radius 1 is 0.500 bits per heavy atom. The summed E-state index contributed by atoms with van der Waals surface area (Å²) < 4.78 is 0. The van der Waals surface area contributed by atoms with Crippen LogP contribution >= 0.6 is 13.5 Å². The Hall–Kier alpha value is 0.734. The molecule has 0 amide bonds. The van der Waals surface area contributed by atoms with Gasteiger partial charge in [0.05, 0.1) is 0 Å². The summed E-state index contributed by atoms with van der Waals surface area (Å²) in [6, 6.07) is 0. The van der Waals surface area contributed by atoms with Gasteiger partial charge in [-0.3, -0.25) is 0 Å². The molecule has 5 nitrogen and oxygen atoms in total. The van der Waals surface area contributed by atoms with E-state index < -0.39 is 0 Å². The molecular weight excluding hydrogens is 175 g/mol. The van der Waals surface area contributed by atoms with Gasteiger partial charge in [0, 0.05) is 32.1 Å². The average molecular weight is 189 g/mol. The van der Waals surface area contributed by atoms with Crippen molar-refractivity contribution in [1.29, 1.82) is 0 Å². The van der Waals surface area contributed by atoms with Crippen molar-refractivity contribution in [2.24, 2.45) is 0 Å². The summed E-state index contributed by atoms with van der Waals surface area (Å²) in [5, 5.41) is 0. The second-order valence-corrected chi connectivity index (χ2v) is 0. The molecule has 0 heterocycles. The summed E-state index contributed by atoms with van der Waals surface area (Å²) in [7, 11) is 0. The fraction of sp³-hybridized carbons (Fsp3) is 1.00. The van der Waals surface area contributed by atoms with Crippen LogP contribution in [0.1, 0.15) is 7.43 Å². The first-order chi connectivity index (χ1) is 0. The molecule has 0 atom stereocenters. The molecular formula is CH14O5SV. The van der Waals surface area contributed by atoms with Gasteiger partial charge in [-0.25, -0.2) is 0 Å². The van der Waals surface area contributed by atoms with Gasteiger partial charge >= 0.3 is 0 Å². The van der Waals surface area contributed by atoms with Crippen molar-refractivity contribution >= 4 is 13.5 Å². The van der Waals surface area contributed by atoms with E-state index in [1.54, 1.807) is 0 Å². The van der Waals surface area contributed by atoms with Crippen LogP contribution in [0.4, 0.5) is 0 Å². The molecule has 0 rings (SSSR count). The van der Waals surface area contributed by atoms with Crippen molar-refractivity contribution in [3.05, 3.63) is 0 Å². The topological polar surface area (TPSA) is 158 Å². The number of rotatable bonds is 0. The smallest absolute Gasteiger partial charge is 0 e. The first-order valence-corrected chi connectivity index (χ1v) is 0. The van der Waals surface area contributed by atoms with E-state index in [0.717, 1.165) is 0 Å². The Balaban J connectivity index is 0. The fourth-order valence-corrected chi connectivity index (χ4v) is 0. The monoisotopic (exact) mass is 189 g/mol. The Kier molecular flexibility index (Phi) is 78800. The van der Waals surface area contributed by atoms with Crippen LogP contribution in [-0.2, 0) is 18.6 Å². The molecule has 3 radical (unpaired) electrons. The summed E-state index contributed by atoms with van der Waals surface area (Å²) in [4.78, 5) is 0. The van der Waals surface area contributed by atoms with Gasteiger partial charge in [0.25, 0.3) is 0 Å². The SMILES string of the molecule is C.O.O.O.O.O.[S].[V]. The normalized spacial score (nSPS) is 0. The van der Waals surface area contributed by atoms with E-state index in [2.05, 4.69) is 0 Å². The molecule has 0 fully saturated rings. The van der Waals surface area contributed by atoms with Gasteiger partial charge in [0.1, 0.15) is 0 Å². The van der Waals surface area contributed by atoms with E-state index in [1.807, 2.05) is 0 Å². The van der Waals surface area contributed by atoms with E-state index in [1.165, 1.54) is 0 Å². The molecule has 8 heavy (non-hydrogen) atoms. The molecule has 0 aromatic carbocycles. The zero-order valence-electron chi connectivity index (χ0n) is 3.36. The standard InChI is InChI=1S/CH4.5H2O.S.V/h1H4;5*1H2;;. The number of hydrogen-bond donors (Lipinski definition) is 0. The average Bonchev–Trinajstić information content (AvgIpc) is 0. The van der Waals surface area contributed by atoms with Crippen LogP contribution in [0.2, 0.25) is 0 Å². The maximum Gasteiger partial charge on any atom is 0 e. The Bertz CT molecular complexity index is 12.4. The van der Waals surface area contributed by atoms with E-state index >= 15 is 0 Å².